The highest BCUT2D eigenvalue weighted by atomic mass is 35.5. The molecule has 1 amide bonds. The monoisotopic (exact) mass is 314 g/mol. The summed E-state index contributed by atoms with van der Waals surface area (Å²) in [5.74, 6) is -0.0810. The molecule has 0 bridgehead atoms. The van der Waals surface area contributed by atoms with E-state index in [1.807, 2.05) is 13.8 Å². The van der Waals surface area contributed by atoms with Gasteiger partial charge in [0, 0.05) is 0 Å². The summed E-state index contributed by atoms with van der Waals surface area (Å²) in [6.45, 7) is 5.16. The molecule has 1 aromatic rings. The van der Waals surface area contributed by atoms with E-state index in [0.29, 0.717) is 10.8 Å². The first kappa shape index (κ1) is 16.6. The zero-order chi connectivity index (χ0) is 15.3. The molecular formula is C14H16Cl2N2O2. The van der Waals surface area contributed by atoms with Crippen molar-refractivity contribution < 1.29 is 9.53 Å². The first-order chi connectivity index (χ1) is 9.30. The first-order valence-corrected chi connectivity index (χ1v) is 6.85. The molecule has 108 valence electrons. The molecule has 4 nitrogen and oxygen atoms in total. The number of benzene rings is 1. The second-order valence-corrected chi connectivity index (χ2v) is 5.64. The highest BCUT2D eigenvalue weighted by Gasteiger charge is 2.30. The Morgan fingerprint density at radius 1 is 1.50 bits per heavy atom. The molecule has 6 heteroatoms. The number of carbonyl (C=O) groups is 1. The topological polar surface area (TPSA) is 62.1 Å². The van der Waals surface area contributed by atoms with Crippen molar-refractivity contribution in [2.45, 2.75) is 26.3 Å². The average molecular weight is 315 g/mol. The summed E-state index contributed by atoms with van der Waals surface area (Å²) in [6, 6.07) is 7.01. The van der Waals surface area contributed by atoms with Crippen molar-refractivity contribution in [3.63, 3.8) is 0 Å². The standard InChI is InChI=1S/C14H16Cl2N2O2/c1-9(2)14(3,8-17)18-12(19)7-20-11-6-4-5-10(15)13(11)16/h4-6,9H,7H2,1-3H3,(H,18,19)/t14-/m1/s1. The molecule has 0 spiro atoms. The van der Waals surface area contributed by atoms with Gasteiger partial charge >= 0.3 is 0 Å². The molecule has 0 saturated carbocycles. The maximum absolute atomic E-state index is 11.8. The molecule has 0 aliphatic rings. The highest BCUT2D eigenvalue weighted by molar-refractivity contribution is 6.42. The summed E-state index contributed by atoms with van der Waals surface area (Å²) in [4.78, 5) is 11.8. The van der Waals surface area contributed by atoms with E-state index in [1.165, 1.54) is 0 Å². The van der Waals surface area contributed by atoms with Crippen LogP contribution in [0.25, 0.3) is 0 Å². The summed E-state index contributed by atoms with van der Waals surface area (Å²) in [5, 5.41) is 12.4. The van der Waals surface area contributed by atoms with Crippen molar-refractivity contribution in [2.75, 3.05) is 6.61 Å². The van der Waals surface area contributed by atoms with E-state index in [1.54, 1.807) is 25.1 Å². The second kappa shape index (κ2) is 6.83. The van der Waals surface area contributed by atoms with Gasteiger partial charge in [0.15, 0.2) is 6.61 Å². The van der Waals surface area contributed by atoms with Crippen molar-refractivity contribution in [1.82, 2.24) is 5.32 Å². The number of ether oxygens (including phenoxy) is 1. The molecule has 1 rings (SSSR count). The zero-order valence-corrected chi connectivity index (χ0v) is 13.0. The molecule has 0 unspecified atom stereocenters. The SMILES string of the molecule is CC(C)[C@@](C)(C#N)NC(=O)COc1cccc(Cl)c1Cl. The van der Waals surface area contributed by atoms with Crippen LogP contribution < -0.4 is 10.1 Å². The fourth-order valence-electron chi connectivity index (χ4n) is 1.37. The van der Waals surface area contributed by atoms with E-state index in [2.05, 4.69) is 11.4 Å². The maximum atomic E-state index is 11.8. The second-order valence-electron chi connectivity index (χ2n) is 4.86. The summed E-state index contributed by atoms with van der Waals surface area (Å²) in [5.41, 5.74) is -0.932. The van der Waals surface area contributed by atoms with Crippen LogP contribution in [0, 0.1) is 17.2 Å². The average Bonchev–Trinajstić information content (AvgIpc) is 2.40. The Kier molecular flexibility index (Phi) is 5.67. The molecule has 1 atom stereocenters. The lowest BCUT2D eigenvalue weighted by Crippen LogP contribution is -2.50. The third-order valence-corrected chi connectivity index (χ3v) is 3.86. The number of nitriles is 1. The number of carbonyl (C=O) groups excluding carboxylic acids is 1. The van der Waals surface area contributed by atoms with Gasteiger partial charge in [-0.1, -0.05) is 43.1 Å². The minimum absolute atomic E-state index is 0.0220. The van der Waals surface area contributed by atoms with Crippen LogP contribution in [0.3, 0.4) is 0 Å². The Hall–Kier alpha value is -1.44. The van der Waals surface area contributed by atoms with E-state index in [4.69, 9.17) is 33.2 Å². The fraction of sp³-hybridized carbons (Fsp3) is 0.429. The lowest BCUT2D eigenvalue weighted by Gasteiger charge is -2.27. The third-order valence-electron chi connectivity index (χ3n) is 3.06. The Bertz CT molecular complexity index is 540. The molecular weight excluding hydrogens is 299 g/mol. The summed E-state index contributed by atoms with van der Waals surface area (Å²) in [7, 11) is 0. The van der Waals surface area contributed by atoms with Gasteiger partial charge in [-0.15, -0.1) is 0 Å². The summed E-state index contributed by atoms with van der Waals surface area (Å²) in [6.07, 6.45) is 0. The number of hydrogen-bond acceptors (Lipinski definition) is 3. The highest BCUT2D eigenvalue weighted by Crippen LogP contribution is 2.31. The number of amides is 1. The number of hydrogen-bond donors (Lipinski definition) is 1. The van der Waals surface area contributed by atoms with E-state index in [9.17, 15) is 4.79 Å². The number of nitrogens with zero attached hydrogens (tertiary/aromatic N) is 1. The van der Waals surface area contributed by atoms with Gasteiger partial charge in [0.1, 0.15) is 16.3 Å². The Morgan fingerprint density at radius 2 is 2.15 bits per heavy atom. The van der Waals surface area contributed by atoms with Gasteiger partial charge in [-0.25, -0.2) is 0 Å². The van der Waals surface area contributed by atoms with Crippen molar-refractivity contribution >= 4 is 29.1 Å². The van der Waals surface area contributed by atoms with Crippen molar-refractivity contribution in [3.8, 4) is 11.8 Å². The Balaban J connectivity index is 2.65. The molecule has 0 aliphatic carbocycles. The maximum Gasteiger partial charge on any atom is 0.259 e. The van der Waals surface area contributed by atoms with E-state index in [0.717, 1.165) is 0 Å². The van der Waals surface area contributed by atoms with Crippen LogP contribution >= 0.6 is 23.2 Å². The summed E-state index contributed by atoms with van der Waals surface area (Å²) >= 11 is 11.8. The summed E-state index contributed by atoms with van der Waals surface area (Å²) < 4.78 is 5.31. The van der Waals surface area contributed by atoms with Gasteiger partial charge < -0.3 is 10.1 Å². The fourth-order valence-corrected chi connectivity index (χ4v) is 1.71. The lowest BCUT2D eigenvalue weighted by molar-refractivity contribution is -0.124. The van der Waals surface area contributed by atoms with Crippen molar-refractivity contribution in [2.24, 2.45) is 5.92 Å². The van der Waals surface area contributed by atoms with Crippen LogP contribution in [-0.2, 0) is 4.79 Å². The molecule has 0 heterocycles. The molecule has 20 heavy (non-hydrogen) atoms. The molecule has 1 N–H and O–H groups in total. The number of rotatable bonds is 5. The molecule has 0 saturated heterocycles. The quantitative estimate of drug-likeness (QED) is 0.905. The van der Waals surface area contributed by atoms with Crippen molar-refractivity contribution in [3.05, 3.63) is 28.2 Å². The van der Waals surface area contributed by atoms with Gasteiger partial charge in [0.25, 0.3) is 5.91 Å². The first-order valence-electron chi connectivity index (χ1n) is 6.09. The van der Waals surface area contributed by atoms with Crippen LogP contribution in [0.1, 0.15) is 20.8 Å². The van der Waals surface area contributed by atoms with Gasteiger partial charge in [-0.05, 0) is 25.0 Å². The predicted octanol–water partition coefficient (Wildman–Crippen LogP) is 3.43. The molecule has 1 aromatic carbocycles. The minimum atomic E-state index is -0.932. The minimum Gasteiger partial charge on any atom is -0.482 e. The van der Waals surface area contributed by atoms with Crippen LogP contribution in [0.4, 0.5) is 0 Å². The van der Waals surface area contributed by atoms with Gasteiger partial charge in [0.2, 0.25) is 0 Å². The normalized spacial score (nSPS) is 13.4. The van der Waals surface area contributed by atoms with Gasteiger partial charge in [0.05, 0.1) is 11.1 Å². The number of halogens is 2. The van der Waals surface area contributed by atoms with Crippen LogP contribution in [0.2, 0.25) is 10.0 Å². The van der Waals surface area contributed by atoms with Crippen LogP contribution in [-0.4, -0.2) is 18.1 Å². The smallest absolute Gasteiger partial charge is 0.259 e. The van der Waals surface area contributed by atoms with Crippen LogP contribution in [0.5, 0.6) is 5.75 Å². The third kappa shape index (κ3) is 4.03. The van der Waals surface area contributed by atoms with Crippen molar-refractivity contribution in [1.29, 1.82) is 5.26 Å². The van der Waals surface area contributed by atoms with E-state index < -0.39 is 11.4 Å². The Labute approximate surface area is 128 Å². The van der Waals surface area contributed by atoms with Crippen LogP contribution in [0.15, 0.2) is 18.2 Å². The Morgan fingerprint density at radius 3 is 2.70 bits per heavy atom. The van der Waals surface area contributed by atoms with Gasteiger partial charge in [-0.3, -0.25) is 4.79 Å². The molecule has 0 fully saturated rings. The largest absolute Gasteiger partial charge is 0.482 e. The molecule has 0 radical (unpaired) electrons. The van der Waals surface area contributed by atoms with Gasteiger partial charge in [-0.2, -0.15) is 5.26 Å². The molecule has 0 aromatic heterocycles. The molecule has 0 aliphatic heterocycles. The van der Waals surface area contributed by atoms with E-state index in [-0.39, 0.29) is 17.5 Å². The zero-order valence-electron chi connectivity index (χ0n) is 11.5. The number of nitrogens with one attached hydrogen (secondary N) is 1. The predicted molar refractivity (Wildman–Crippen MR) is 79.0 cm³/mol. The van der Waals surface area contributed by atoms with E-state index >= 15 is 0 Å². The lowest BCUT2D eigenvalue weighted by atomic mass is 9.90.